The summed E-state index contributed by atoms with van der Waals surface area (Å²) >= 11 is 0. The number of alkyl halides is 3. The zero-order valence-electron chi connectivity index (χ0n) is 9.99. The molecule has 0 saturated carbocycles. The molecule has 0 atom stereocenters. The van der Waals surface area contributed by atoms with E-state index in [1.54, 1.807) is 40.4 Å². The van der Waals surface area contributed by atoms with E-state index < -0.39 is 25.9 Å². The number of halogens is 3. The molecule has 0 radical (unpaired) electrons. The van der Waals surface area contributed by atoms with Gasteiger partial charge >= 0.3 is 6.18 Å². The third-order valence-electron chi connectivity index (χ3n) is 1.08. The first-order valence-corrected chi connectivity index (χ1v) is 8.08. The van der Waals surface area contributed by atoms with E-state index in [1.165, 1.54) is 0 Å². The van der Waals surface area contributed by atoms with Crippen LogP contribution in [0.15, 0.2) is 4.99 Å². The molecule has 0 bridgehead atoms. The maximum absolute atomic E-state index is 12.5. The molecule has 0 aromatic rings. The van der Waals surface area contributed by atoms with Gasteiger partial charge in [-0.2, -0.15) is 13.2 Å². The Hall–Kier alpha value is -0.523. The van der Waals surface area contributed by atoms with Crippen molar-refractivity contribution in [3.8, 4) is 0 Å². The monoisotopic (exact) mass is 241 g/mol. The Kier molecular flexibility index (Phi) is 4.01. The molecule has 0 heterocycles. The highest BCUT2D eigenvalue weighted by Gasteiger charge is 2.41. The summed E-state index contributed by atoms with van der Waals surface area (Å²) < 4.78 is 42.6. The summed E-state index contributed by atoms with van der Waals surface area (Å²) in [5.41, 5.74) is -0.787. The first kappa shape index (κ1) is 14.5. The topological polar surface area (TPSA) is 21.6 Å². The van der Waals surface area contributed by atoms with Crippen molar-refractivity contribution in [1.29, 1.82) is 0 Å². The molecule has 0 aliphatic rings. The van der Waals surface area contributed by atoms with Gasteiger partial charge in [-0.15, -0.1) is 0 Å². The molecule has 0 aliphatic heterocycles. The largest absolute Gasteiger partial charge is 0.528 e. The number of hydrogen-bond acceptors (Lipinski definition) is 2. The molecule has 0 spiro atoms. The number of rotatable bonds is 1. The van der Waals surface area contributed by atoms with E-state index in [0.717, 1.165) is 0 Å². The highest BCUT2D eigenvalue weighted by atomic mass is 28.4. The Bertz CT molecular complexity index is 248. The van der Waals surface area contributed by atoms with Gasteiger partial charge in [0.2, 0.25) is 8.32 Å². The van der Waals surface area contributed by atoms with E-state index in [2.05, 4.69) is 4.99 Å². The lowest BCUT2D eigenvalue weighted by molar-refractivity contribution is -0.0723. The Morgan fingerprint density at radius 3 is 1.67 bits per heavy atom. The van der Waals surface area contributed by atoms with E-state index in [0.29, 0.717) is 0 Å². The normalized spacial score (nSPS) is 15.4. The van der Waals surface area contributed by atoms with E-state index in [1.807, 2.05) is 0 Å². The van der Waals surface area contributed by atoms with Crippen LogP contribution in [0.1, 0.15) is 20.8 Å². The summed E-state index contributed by atoms with van der Waals surface area (Å²) in [6, 6.07) is 0. The van der Waals surface area contributed by atoms with Crippen LogP contribution in [0.5, 0.6) is 0 Å². The third kappa shape index (κ3) is 7.41. The minimum Gasteiger partial charge on any atom is -0.528 e. The highest BCUT2D eigenvalue weighted by molar-refractivity contribution is 6.71. The first-order valence-electron chi connectivity index (χ1n) is 4.67. The van der Waals surface area contributed by atoms with Crippen LogP contribution in [0.2, 0.25) is 19.6 Å². The average Bonchev–Trinajstić information content (AvgIpc) is 1.75. The molecular formula is C9H18F3NOSi. The van der Waals surface area contributed by atoms with Gasteiger partial charge in [-0.3, -0.25) is 0 Å². The minimum absolute atomic E-state index is 0.787. The minimum atomic E-state index is -4.51. The van der Waals surface area contributed by atoms with E-state index in [4.69, 9.17) is 4.43 Å². The number of aliphatic imine (C=N–C) groups is 1. The van der Waals surface area contributed by atoms with Gasteiger partial charge in [-0.25, -0.2) is 4.99 Å². The molecule has 0 aliphatic carbocycles. The lowest BCUT2D eigenvalue weighted by Gasteiger charge is -2.24. The Morgan fingerprint density at radius 2 is 1.47 bits per heavy atom. The fourth-order valence-electron chi connectivity index (χ4n) is 0.739. The number of nitrogens with zero attached hydrogens (tertiary/aromatic N) is 1. The van der Waals surface area contributed by atoms with Crippen molar-refractivity contribution < 1.29 is 17.6 Å². The Labute approximate surface area is 89.7 Å². The molecule has 0 fully saturated rings. The molecule has 0 unspecified atom stereocenters. The first-order chi connectivity index (χ1) is 6.31. The van der Waals surface area contributed by atoms with Gasteiger partial charge in [0.15, 0.2) is 0 Å². The molecule has 2 nitrogen and oxygen atoms in total. The lowest BCUT2D eigenvalue weighted by Crippen LogP contribution is -2.38. The fourth-order valence-corrected chi connectivity index (χ4v) is 1.48. The predicted octanol–water partition coefficient (Wildman–Crippen LogP) is 3.60. The smallest absolute Gasteiger partial charge is 0.466 e. The second-order valence-electron chi connectivity index (χ2n) is 5.30. The quantitative estimate of drug-likeness (QED) is 0.390. The van der Waals surface area contributed by atoms with E-state index >= 15 is 0 Å². The van der Waals surface area contributed by atoms with Gasteiger partial charge in [-0.05, 0) is 40.4 Å². The Balaban J connectivity index is 5.02. The van der Waals surface area contributed by atoms with Crippen molar-refractivity contribution in [1.82, 2.24) is 0 Å². The molecule has 0 amide bonds. The van der Waals surface area contributed by atoms with Crippen molar-refractivity contribution >= 4 is 14.2 Å². The van der Waals surface area contributed by atoms with Gasteiger partial charge < -0.3 is 4.43 Å². The van der Waals surface area contributed by atoms with Crippen LogP contribution in [0.4, 0.5) is 13.2 Å². The molecule has 0 N–H and O–H groups in total. The number of hydrogen-bond donors (Lipinski definition) is 0. The second-order valence-corrected chi connectivity index (χ2v) is 9.73. The molecule has 0 aromatic heterocycles. The molecule has 15 heavy (non-hydrogen) atoms. The highest BCUT2D eigenvalue weighted by Crippen LogP contribution is 2.23. The maximum Gasteiger partial charge on any atom is 0.466 e. The van der Waals surface area contributed by atoms with Gasteiger partial charge in [0.05, 0.1) is 5.54 Å². The van der Waals surface area contributed by atoms with Gasteiger partial charge in [0.25, 0.3) is 5.90 Å². The molecule has 0 rings (SSSR count). The van der Waals surface area contributed by atoms with Crippen molar-refractivity contribution in [3.63, 3.8) is 0 Å². The maximum atomic E-state index is 12.5. The SMILES string of the molecule is CC(C)(C)N=C(O[Si](C)(C)C)C(F)(F)F. The summed E-state index contributed by atoms with van der Waals surface area (Å²) in [6.45, 7) is 9.88. The summed E-state index contributed by atoms with van der Waals surface area (Å²) in [5, 5.41) is 0. The van der Waals surface area contributed by atoms with Gasteiger partial charge in [0, 0.05) is 0 Å². The van der Waals surface area contributed by atoms with E-state index in [-0.39, 0.29) is 0 Å². The van der Waals surface area contributed by atoms with E-state index in [9.17, 15) is 13.2 Å². The van der Waals surface area contributed by atoms with Crippen LogP contribution in [-0.4, -0.2) is 25.9 Å². The van der Waals surface area contributed by atoms with Crippen LogP contribution < -0.4 is 0 Å². The van der Waals surface area contributed by atoms with Crippen molar-refractivity contribution in [2.24, 2.45) is 4.99 Å². The zero-order valence-corrected chi connectivity index (χ0v) is 11.0. The van der Waals surface area contributed by atoms with Crippen LogP contribution >= 0.6 is 0 Å². The fraction of sp³-hybridized carbons (Fsp3) is 0.889. The lowest BCUT2D eigenvalue weighted by atomic mass is 10.1. The summed E-state index contributed by atoms with van der Waals surface area (Å²) in [4.78, 5) is 3.57. The standard InChI is InChI=1S/C9H18F3NOSi/c1-8(2,3)13-7(9(10,11)12)14-15(4,5)6/h1-6H3. The van der Waals surface area contributed by atoms with Crippen molar-refractivity contribution in [2.75, 3.05) is 0 Å². The third-order valence-corrected chi connectivity index (χ3v) is 1.89. The van der Waals surface area contributed by atoms with Crippen LogP contribution in [-0.2, 0) is 4.43 Å². The average molecular weight is 241 g/mol. The van der Waals surface area contributed by atoms with Crippen LogP contribution in [0, 0.1) is 0 Å². The molecule has 0 saturated heterocycles. The summed E-state index contributed by atoms with van der Waals surface area (Å²) in [5.74, 6) is -1.10. The van der Waals surface area contributed by atoms with Gasteiger partial charge in [-0.1, -0.05) is 0 Å². The zero-order chi connectivity index (χ0) is 12.5. The van der Waals surface area contributed by atoms with Gasteiger partial charge in [0.1, 0.15) is 0 Å². The molecule has 0 aromatic carbocycles. The predicted molar refractivity (Wildman–Crippen MR) is 57.7 cm³/mol. The van der Waals surface area contributed by atoms with Crippen LogP contribution in [0.25, 0.3) is 0 Å². The molecule has 6 heteroatoms. The summed E-state index contributed by atoms with van der Waals surface area (Å²) in [6.07, 6.45) is -4.51. The van der Waals surface area contributed by atoms with Crippen molar-refractivity contribution in [2.45, 2.75) is 52.1 Å². The summed E-state index contributed by atoms with van der Waals surface area (Å²) in [7, 11) is -2.28. The second kappa shape index (κ2) is 4.15. The molecule has 90 valence electrons. The molecular weight excluding hydrogens is 223 g/mol. The van der Waals surface area contributed by atoms with Crippen LogP contribution in [0.3, 0.4) is 0 Å². The van der Waals surface area contributed by atoms with Crippen molar-refractivity contribution in [3.05, 3.63) is 0 Å². The Morgan fingerprint density at radius 1 is 1.07 bits per heavy atom.